The van der Waals surface area contributed by atoms with Crippen LogP contribution in [-0.4, -0.2) is 25.7 Å². The second-order valence-electron chi connectivity index (χ2n) is 5.46. The van der Waals surface area contributed by atoms with Crippen molar-refractivity contribution < 1.29 is 14.3 Å². The van der Waals surface area contributed by atoms with Crippen LogP contribution in [0.4, 0.5) is 0 Å². The second-order valence-corrected chi connectivity index (χ2v) is 5.46. The zero-order chi connectivity index (χ0) is 16.1. The average molecular weight is 311 g/mol. The molecule has 1 aliphatic heterocycles. The largest absolute Gasteiger partial charge is 0.486 e. The zero-order valence-electron chi connectivity index (χ0n) is 13.3. The highest BCUT2D eigenvalue weighted by molar-refractivity contribution is 5.97. The third-order valence-corrected chi connectivity index (χ3v) is 3.99. The first-order valence-electron chi connectivity index (χ1n) is 8.03. The van der Waals surface area contributed by atoms with Gasteiger partial charge in [-0.3, -0.25) is 4.79 Å². The van der Waals surface area contributed by atoms with E-state index in [9.17, 15) is 4.79 Å². The zero-order valence-corrected chi connectivity index (χ0v) is 13.3. The van der Waals surface area contributed by atoms with Crippen LogP contribution in [0.15, 0.2) is 42.5 Å². The first-order valence-corrected chi connectivity index (χ1v) is 8.03. The lowest BCUT2D eigenvalue weighted by Crippen LogP contribution is -2.27. The number of hydrogen-bond donors (Lipinski definition) is 1. The van der Waals surface area contributed by atoms with Gasteiger partial charge in [0.1, 0.15) is 13.2 Å². The molecule has 1 amide bonds. The Morgan fingerprint density at radius 1 is 1.04 bits per heavy atom. The molecule has 0 atom stereocenters. The van der Waals surface area contributed by atoms with Crippen molar-refractivity contribution in [2.24, 2.45) is 0 Å². The summed E-state index contributed by atoms with van der Waals surface area (Å²) >= 11 is 0. The van der Waals surface area contributed by atoms with Gasteiger partial charge < -0.3 is 14.8 Å². The van der Waals surface area contributed by atoms with E-state index in [0.29, 0.717) is 36.8 Å². The summed E-state index contributed by atoms with van der Waals surface area (Å²) in [6.07, 6.45) is 1.82. The fraction of sp³-hybridized carbons (Fsp3) is 0.316. The Bertz CT molecular complexity index is 697. The van der Waals surface area contributed by atoms with Gasteiger partial charge in [-0.15, -0.1) is 0 Å². The monoisotopic (exact) mass is 311 g/mol. The highest BCUT2D eigenvalue weighted by atomic mass is 16.6. The molecule has 23 heavy (non-hydrogen) atoms. The van der Waals surface area contributed by atoms with Crippen LogP contribution in [0.1, 0.15) is 28.4 Å². The molecule has 2 aromatic carbocycles. The van der Waals surface area contributed by atoms with E-state index in [-0.39, 0.29) is 5.91 Å². The quantitative estimate of drug-likeness (QED) is 0.923. The first kappa shape index (κ1) is 15.4. The molecule has 3 rings (SSSR count). The molecule has 0 fully saturated rings. The Hall–Kier alpha value is -2.49. The van der Waals surface area contributed by atoms with E-state index in [4.69, 9.17) is 9.47 Å². The maximum atomic E-state index is 12.4. The summed E-state index contributed by atoms with van der Waals surface area (Å²) < 4.78 is 11.1. The van der Waals surface area contributed by atoms with E-state index in [0.717, 1.165) is 12.8 Å². The van der Waals surface area contributed by atoms with Crippen LogP contribution in [0.3, 0.4) is 0 Å². The molecule has 0 unspecified atom stereocenters. The van der Waals surface area contributed by atoms with Crippen LogP contribution < -0.4 is 14.8 Å². The van der Waals surface area contributed by atoms with Crippen molar-refractivity contribution in [3.63, 3.8) is 0 Å². The van der Waals surface area contributed by atoms with E-state index >= 15 is 0 Å². The fourth-order valence-electron chi connectivity index (χ4n) is 2.80. The van der Waals surface area contributed by atoms with Gasteiger partial charge in [0, 0.05) is 6.54 Å². The Morgan fingerprint density at radius 2 is 1.83 bits per heavy atom. The van der Waals surface area contributed by atoms with Crippen molar-refractivity contribution in [3.05, 3.63) is 59.2 Å². The van der Waals surface area contributed by atoms with Gasteiger partial charge in [0.2, 0.25) is 0 Å². The summed E-state index contributed by atoms with van der Waals surface area (Å²) in [6.45, 7) is 3.73. The van der Waals surface area contributed by atoms with Gasteiger partial charge in [-0.05, 0) is 36.1 Å². The minimum atomic E-state index is -0.124. The van der Waals surface area contributed by atoms with Crippen LogP contribution in [0.2, 0.25) is 0 Å². The Kier molecular flexibility index (Phi) is 4.81. The smallest absolute Gasteiger partial charge is 0.255 e. The molecule has 1 aliphatic rings. The van der Waals surface area contributed by atoms with E-state index in [1.165, 1.54) is 11.1 Å². The molecule has 1 heterocycles. The minimum absolute atomic E-state index is 0.124. The first-order chi connectivity index (χ1) is 11.3. The standard InChI is InChI=1S/C19H21NO3/c1-2-14-6-3-4-7-15(14)10-11-20-19(21)16-8-5-9-17-18(16)23-13-12-22-17/h3-9H,2,10-13H2,1H3,(H,20,21). The molecular formula is C19H21NO3. The summed E-state index contributed by atoms with van der Waals surface area (Å²) in [5.41, 5.74) is 3.14. The molecule has 0 radical (unpaired) electrons. The summed E-state index contributed by atoms with van der Waals surface area (Å²) in [7, 11) is 0. The molecule has 0 aromatic heterocycles. The van der Waals surface area contributed by atoms with Crippen LogP contribution in [-0.2, 0) is 12.8 Å². The molecule has 0 aliphatic carbocycles. The van der Waals surface area contributed by atoms with Gasteiger partial charge in [0.05, 0.1) is 5.56 Å². The molecule has 2 aromatic rings. The number of carbonyl (C=O) groups is 1. The molecule has 0 saturated carbocycles. The number of fused-ring (bicyclic) bond motifs is 1. The van der Waals surface area contributed by atoms with Crippen LogP contribution in [0, 0.1) is 0 Å². The normalized spacial score (nSPS) is 12.7. The van der Waals surface area contributed by atoms with E-state index < -0.39 is 0 Å². The number of hydrogen-bond acceptors (Lipinski definition) is 3. The third-order valence-electron chi connectivity index (χ3n) is 3.99. The molecular weight excluding hydrogens is 290 g/mol. The maximum Gasteiger partial charge on any atom is 0.255 e. The summed E-state index contributed by atoms with van der Waals surface area (Å²) in [4.78, 5) is 12.4. The van der Waals surface area contributed by atoms with Crippen LogP contribution in [0.25, 0.3) is 0 Å². The van der Waals surface area contributed by atoms with Gasteiger partial charge in [-0.2, -0.15) is 0 Å². The van der Waals surface area contributed by atoms with Gasteiger partial charge in [0.25, 0.3) is 5.91 Å². The lowest BCUT2D eigenvalue weighted by atomic mass is 10.0. The number of rotatable bonds is 5. The van der Waals surface area contributed by atoms with Gasteiger partial charge in [-0.1, -0.05) is 37.3 Å². The maximum absolute atomic E-state index is 12.4. The molecule has 1 N–H and O–H groups in total. The molecule has 4 nitrogen and oxygen atoms in total. The lowest BCUT2D eigenvalue weighted by Gasteiger charge is -2.20. The predicted octanol–water partition coefficient (Wildman–Crippen LogP) is 2.99. The number of carbonyl (C=O) groups excluding carboxylic acids is 1. The average Bonchev–Trinajstić information content (AvgIpc) is 2.61. The third kappa shape index (κ3) is 3.47. The molecule has 0 spiro atoms. The topological polar surface area (TPSA) is 47.6 Å². The molecule has 4 heteroatoms. The Balaban J connectivity index is 1.64. The summed E-state index contributed by atoms with van der Waals surface area (Å²) in [5, 5.41) is 2.97. The molecule has 120 valence electrons. The van der Waals surface area contributed by atoms with E-state index in [2.05, 4.69) is 30.4 Å². The van der Waals surface area contributed by atoms with Crippen LogP contribution in [0.5, 0.6) is 11.5 Å². The van der Waals surface area contributed by atoms with Gasteiger partial charge in [-0.25, -0.2) is 0 Å². The van der Waals surface area contributed by atoms with E-state index in [1.807, 2.05) is 18.2 Å². The number of benzene rings is 2. The number of amides is 1. The number of aryl methyl sites for hydroxylation is 1. The van der Waals surface area contributed by atoms with Crippen molar-refractivity contribution in [2.75, 3.05) is 19.8 Å². The van der Waals surface area contributed by atoms with Gasteiger partial charge >= 0.3 is 0 Å². The summed E-state index contributed by atoms with van der Waals surface area (Å²) in [6, 6.07) is 13.7. The highest BCUT2D eigenvalue weighted by Crippen LogP contribution is 2.33. The lowest BCUT2D eigenvalue weighted by molar-refractivity contribution is 0.0943. The van der Waals surface area contributed by atoms with Crippen LogP contribution >= 0.6 is 0 Å². The van der Waals surface area contributed by atoms with E-state index in [1.54, 1.807) is 6.07 Å². The Labute approximate surface area is 136 Å². The number of para-hydroxylation sites is 1. The summed E-state index contributed by atoms with van der Waals surface area (Å²) in [5.74, 6) is 1.06. The predicted molar refractivity (Wildman–Crippen MR) is 89.3 cm³/mol. The number of nitrogens with one attached hydrogen (secondary N) is 1. The van der Waals surface area contributed by atoms with Crippen molar-refractivity contribution in [2.45, 2.75) is 19.8 Å². The molecule has 0 bridgehead atoms. The molecule has 0 saturated heterocycles. The second kappa shape index (κ2) is 7.18. The SMILES string of the molecule is CCc1ccccc1CCNC(=O)c1cccc2c1OCCO2. The van der Waals surface area contributed by atoms with Gasteiger partial charge in [0.15, 0.2) is 11.5 Å². The Morgan fingerprint density at radius 3 is 2.65 bits per heavy atom. The fourth-order valence-corrected chi connectivity index (χ4v) is 2.80. The number of ether oxygens (including phenoxy) is 2. The minimum Gasteiger partial charge on any atom is -0.486 e. The van der Waals surface area contributed by atoms with Crippen molar-refractivity contribution in [1.82, 2.24) is 5.32 Å². The van der Waals surface area contributed by atoms with Crippen molar-refractivity contribution >= 4 is 5.91 Å². The van der Waals surface area contributed by atoms with Crippen molar-refractivity contribution in [1.29, 1.82) is 0 Å². The van der Waals surface area contributed by atoms with Crippen molar-refractivity contribution in [3.8, 4) is 11.5 Å². The highest BCUT2D eigenvalue weighted by Gasteiger charge is 2.19.